The van der Waals surface area contributed by atoms with E-state index in [0.717, 1.165) is 9.80 Å². The number of aliphatic carboxylic acids is 6. The van der Waals surface area contributed by atoms with Gasteiger partial charge in [-0.2, -0.15) is 0 Å². The van der Waals surface area contributed by atoms with Crippen LogP contribution < -0.4 is 0 Å². The Morgan fingerprint density at radius 1 is 0.647 bits per heavy atom. The summed E-state index contributed by atoms with van der Waals surface area (Å²) < 4.78 is 0. The van der Waals surface area contributed by atoms with Gasteiger partial charge in [0.1, 0.15) is 6.04 Å². The van der Waals surface area contributed by atoms with Gasteiger partial charge >= 0.3 is 35.8 Å². The molecule has 0 bridgehead atoms. The van der Waals surface area contributed by atoms with Crippen molar-refractivity contribution in [2.45, 2.75) is 43.8 Å². The van der Waals surface area contributed by atoms with Crippen LogP contribution in [-0.2, 0) is 28.8 Å². The zero-order chi connectivity index (χ0) is 26.0. The number of hydrogen-bond donors (Lipinski definition) is 6. The van der Waals surface area contributed by atoms with Gasteiger partial charge in [-0.25, -0.2) is 0 Å². The third-order valence-electron chi connectivity index (χ3n) is 5.33. The second-order valence-corrected chi connectivity index (χ2v) is 8.03. The van der Waals surface area contributed by atoms with Crippen LogP contribution in [0.1, 0.15) is 25.7 Å². The number of likely N-dealkylation sites (tertiary alicyclic amines) is 1. The minimum absolute atomic E-state index is 0.149. The molecule has 1 saturated heterocycles. The van der Waals surface area contributed by atoms with Crippen LogP contribution in [0.4, 0.5) is 0 Å². The van der Waals surface area contributed by atoms with Gasteiger partial charge in [0.25, 0.3) is 0 Å². The Bertz CT molecular complexity index is 710. The average molecular weight is 491 g/mol. The molecule has 1 fully saturated rings. The molecule has 0 aliphatic carbocycles. The molecule has 0 amide bonds. The van der Waals surface area contributed by atoms with E-state index < -0.39 is 86.5 Å². The summed E-state index contributed by atoms with van der Waals surface area (Å²) in [6, 6.07) is -2.72. The summed E-state index contributed by atoms with van der Waals surface area (Å²) in [6.07, 6.45) is -0.237. The van der Waals surface area contributed by atoms with Crippen LogP contribution >= 0.6 is 0 Å². The van der Waals surface area contributed by atoms with Crippen LogP contribution in [0.3, 0.4) is 0 Å². The average Bonchev–Trinajstić information content (AvgIpc) is 3.01. The second-order valence-electron chi connectivity index (χ2n) is 8.03. The quantitative estimate of drug-likeness (QED) is 0.130. The predicted molar refractivity (Wildman–Crippen MR) is 110 cm³/mol. The highest BCUT2D eigenvalue weighted by Gasteiger charge is 2.42. The first kappa shape index (κ1) is 28.7. The van der Waals surface area contributed by atoms with Gasteiger partial charge in [-0.05, 0) is 19.3 Å². The van der Waals surface area contributed by atoms with Gasteiger partial charge in [-0.1, -0.05) is 0 Å². The summed E-state index contributed by atoms with van der Waals surface area (Å²) in [5, 5.41) is 55.2. The van der Waals surface area contributed by atoms with Crippen molar-refractivity contribution in [2.75, 3.05) is 39.3 Å². The van der Waals surface area contributed by atoms with Crippen molar-refractivity contribution in [1.29, 1.82) is 0 Å². The van der Waals surface area contributed by atoms with E-state index >= 15 is 0 Å². The molecule has 0 aromatic rings. The van der Waals surface area contributed by atoms with E-state index in [1.165, 1.54) is 4.90 Å². The molecule has 15 heteroatoms. The Kier molecular flexibility index (Phi) is 11.3. The SMILES string of the molecule is O=C(O)CCC(C(=O)O)N1C(CN(CC(=O)O)CC(=O)O)CCC1CN(CC(=O)O)CC(=O)O. The van der Waals surface area contributed by atoms with Gasteiger partial charge in [-0.3, -0.25) is 43.5 Å². The monoisotopic (exact) mass is 491 g/mol. The van der Waals surface area contributed by atoms with Crippen LogP contribution in [0.2, 0.25) is 0 Å². The van der Waals surface area contributed by atoms with Crippen molar-refractivity contribution in [2.24, 2.45) is 0 Å². The fourth-order valence-electron chi connectivity index (χ4n) is 4.25. The number of carboxylic acid groups (broad SMARTS) is 6. The molecule has 3 unspecified atom stereocenters. The van der Waals surface area contributed by atoms with Gasteiger partial charge in [0, 0.05) is 31.6 Å². The van der Waals surface area contributed by atoms with Gasteiger partial charge in [0.15, 0.2) is 0 Å². The van der Waals surface area contributed by atoms with E-state index in [4.69, 9.17) is 25.5 Å². The molecule has 0 aromatic heterocycles. The smallest absolute Gasteiger partial charge is 0.320 e. The van der Waals surface area contributed by atoms with E-state index in [-0.39, 0.29) is 32.4 Å². The molecule has 6 N–H and O–H groups in total. The minimum atomic E-state index is -1.36. The summed E-state index contributed by atoms with van der Waals surface area (Å²) >= 11 is 0. The van der Waals surface area contributed by atoms with E-state index in [9.17, 15) is 33.9 Å². The molecule has 1 aliphatic heterocycles. The molecule has 0 radical (unpaired) electrons. The summed E-state index contributed by atoms with van der Waals surface area (Å²) in [5.41, 5.74) is 0. The maximum Gasteiger partial charge on any atom is 0.320 e. The topological polar surface area (TPSA) is 234 Å². The molecule has 15 nitrogen and oxygen atoms in total. The van der Waals surface area contributed by atoms with Crippen molar-refractivity contribution >= 4 is 35.8 Å². The number of carboxylic acids is 6. The van der Waals surface area contributed by atoms with Crippen molar-refractivity contribution in [3.63, 3.8) is 0 Å². The first-order valence-electron chi connectivity index (χ1n) is 10.3. The third-order valence-corrected chi connectivity index (χ3v) is 5.33. The zero-order valence-corrected chi connectivity index (χ0v) is 18.3. The first-order valence-corrected chi connectivity index (χ1v) is 10.3. The number of hydrogen-bond acceptors (Lipinski definition) is 9. The van der Waals surface area contributed by atoms with E-state index in [2.05, 4.69) is 0 Å². The number of rotatable bonds is 17. The molecular formula is C19H29N3O12. The molecule has 1 rings (SSSR count). The Labute approximate surface area is 193 Å². The van der Waals surface area contributed by atoms with Crippen molar-refractivity contribution in [1.82, 2.24) is 14.7 Å². The third kappa shape index (κ3) is 10.1. The Hall–Kier alpha value is -3.30. The first-order chi connectivity index (χ1) is 15.8. The summed E-state index contributed by atoms with van der Waals surface area (Å²) in [4.78, 5) is 71.4. The molecule has 0 aromatic carbocycles. The fourth-order valence-corrected chi connectivity index (χ4v) is 4.25. The maximum absolute atomic E-state index is 12.0. The molecule has 1 aliphatic rings. The second kappa shape index (κ2) is 13.4. The maximum atomic E-state index is 12.0. The molecule has 0 spiro atoms. The van der Waals surface area contributed by atoms with Crippen molar-refractivity contribution < 1.29 is 59.4 Å². The van der Waals surface area contributed by atoms with Crippen molar-refractivity contribution in [3.8, 4) is 0 Å². The van der Waals surface area contributed by atoms with E-state index in [1.807, 2.05) is 0 Å². The van der Waals surface area contributed by atoms with Gasteiger partial charge in [0.05, 0.1) is 26.2 Å². The van der Waals surface area contributed by atoms with Crippen molar-refractivity contribution in [3.05, 3.63) is 0 Å². The minimum Gasteiger partial charge on any atom is -0.481 e. The van der Waals surface area contributed by atoms with Crippen LogP contribution in [-0.4, -0.2) is 139 Å². The highest BCUT2D eigenvalue weighted by Crippen LogP contribution is 2.30. The van der Waals surface area contributed by atoms with E-state index in [1.54, 1.807) is 0 Å². The fraction of sp³-hybridized carbons (Fsp3) is 0.684. The van der Waals surface area contributed by atoms with E-state index in [0.29, 0.717) is 0 Å². The van der Waals surface area contributed by atoms with Crippen LogP contribution in [0, 0.1) is 0 Å². The van der Waals surface area contributed by atoms with Gasteiger partial charge in [-0.15, -0.1) is 0 Å². The molecule has 0 saturated carbocycles. The summed E-state index contributed by atoms with van der Waals surface area (Å²) in [7, 11) is 0. The zero-order valence-electron chi connectivity index (χ0n) is 18.3. The lowest BCUT2D eigenvalue weighted by atomic mass is 10.1. The van der Waals surface area contributed by atoms with Crippen LogP contribution in [0.25, 0.3) is 0 Å². The highest BCUT2D eigenvalue weighted by molar-refractivity contribution is 5.75. The molecular weight excluding hydrogens is 462 g/mol. The number of nitrogens with zero attached hydrogens (tertiary/aromatic N) is 3. The molecule has 34 heavy (non-hydrogen) atoms. The highest BCUT2D eigenvalue weighted by atomic mass is 16.4. The Balaban J connectivity index is 3.25. The predicted octanol–water partition coefficient (Wildman–Crippen LogP) is -1.92. The molecule has 3 atom stereocenters. The Morgan fingerprint density at radius 2 is 1.00 bits per heavy atom. The number of carbonyl (C=O) groups is 6. The Morgan fingerprint density at radius 3 is 1.26 bits per heavy atom. The molecule has 192 valence electrons. The summed E-state index contributed by atoms with van der Waals surface area (Å²) in [5.74, 6) is -7.78. The van der Waals surface area contributed by atoms with Gasteiger partial charge < -0.3 is 30.6 Å². The normalized spacial score (nSPS) is 19.2. The van der Waals surface area contributed by atoms with Gasteiger partial charge in [0.2, 0.25) is 0 Å². The lowest BCUT2D eigenvalue weighted by Crippen LogP contribution is -2.55. The lowest BCUT2D eigenvalue weighted by molar-refractivity contribution is -0.149. The standard InChI is InChI=1S/C19H29N3O12/c23-14(24)4-3-13(19(33)34)22-11(5-20(7-15(25)26)8-16(27)28)1-2-12(22)6-21(9-17(29)30)10-18(31)32/h11-13H,1-10H2,(H,23,24)(H,25,26)(H,27,28)(H,29,30)(H,31,32)(H,33,34). The summed E-state index contributed by atoms with van der Waals surface area (Å²) in [6.45, 7) is -2.80. The van der Waals surface area contributed by atoms with Crippen LogP contribution in [0.5, 0.6) is 0 Å². The molecule has 1 heterocycles. The van der Waals surface area contributed by atoms with Crippen LogP contribution in [0.15, 0.2) is 0 Å². The lowest BCUT2D eigenvalue weighted by Gasteiger charge is -2.38. The largest absolute Gasteiger partial charge is 0.481 e.